The van der Waals surface area contributed by atoms with Crippen molar-refractivity contribution < 1.29 is 19.1 Å². The summed E-state index contributed by atoms with van der Waals surface area (Å²) in [7, 11) is 0. The van der Waals surface area contributed by atoms with Crippen LogP contribution in [0.3, 0.4) is 0 Å². The molecule has 2 aliphatic heterocycles. The monoisotopic (exact) mass is 395 g/mol. The molecule has 1 saturated heterocycles. The van der Waals surface area contributed by atoms with Crippen LogP contribution in [0.25, 0.3) is 0 Å². The lowest BCUT2D eigenvalue weighted by Gasteiger charge is -2.20. The molecule has 0 aliphatic carbocycles. The number of benzene rings is 1. The number of imide groups is 1. The predicted molar refractivity (Wildman–Crippen MR) is 102 cm³/mol. The van der Waals surface area contributed by atoms with Crippen molar-refractivity contribution in [2.24, 2.45) is 5.92 Å². The maximum absolute atomic E-state index is 12.4. The molecule has 0 saturated carbocycles. The summed E-state index contributed by atoms with van der Waals surface area (Å²) in [5.41, 5.74) is 1.04. The van der Waals surface area contributed by atoms with Gasteiger partial charge in [-0.05, 0) is 31.2 Å². The number of carbonyl (C=O) groups is 3. The number of para-hydroxylation sites is 1. The molecular formula is C17H21N3O4S2. The first-order valence-electron chi connectivity index (χ1n) is 8.47. The number of hydrogen-bond acceptors (Lipinski definition) is 7. The maximum atomic E-state index is 12.4. The molecule has 9 heteroatoms. The number of carbonyl (C=O) groups excluding carboxylic acids is 3. The molecule has 7 nitrogen and oxygen atoms in total. The van der Waals surface area contributed by atoms with E-state index < -0.39 is 17.9 Å². The Bertz CT molecular complexity index is 675. The van der Waals surface area contributed by atoms with Crippen LogP contribution in [0.4, 0.5) is 10.5 Å². The molecular weight excluding hydrogens is 374 g/mol. The molecule has 2 heterocycles. The van der Waals surface area contributed by atoms with Crippen molar-refractivity contribution in [3.8, 4) is 0 Å². The van der Waals surface area contributed by atoms with Crippen molar-refractivity contribution in [1.82, 2.24) is 10.6 Å². The molecule has 0 bridgehead atoms. The summed E-state index contributed by atoms with van der Waals surface area (Å²) in [6.07, 6.45) is 0.175. The number of nitrogens with one attached hydrogen (secondary N) is 3. The van der Waals surface area contributed by atoms with E-state index in [9.17, 15) is 14.4 Å². The zero-order valence-corrected chi connectivity index (χ0v) is 16.0. The first-order chi connectivity index (χ1) is 12.6. The average Bonchev–Trinajstić information content (AvgIpc) is 3.20. The quantitative estimate of drug-likeness (QED) is 0.704. The summed E-state index contributed by atoms with van der Waals surface area (Å²) in [5.74, 6) is -0.196. The van der Waals surface area contributed by atoms with E-state index in [0.717, 1.165) is 16.3 Å². The first-order valence-corrected chi connectivity index (χ1v) is 10.4. The van der Waals surface area contributed by atoms with Gasteiger partial charge in [0.25, 0.3) is 0 Å². The Labute approximate surface area is 160 Å². The lowest BCUT2D eigenvalue weighted by atomic mass is 10.1. The fourth-order valence-electron chi connectivity index (χ4n) is 2.88. The number of hydrogen-bond donors (Lipinski definition) is 3. The molecule has 3 unspecified atom stereocenters. The highest BCUT2D eigenvalue weighted by Gasteiger charge is 2.36. The van der Waals surface area contributed by atoms with E-state index in [2.05, 4.69) is 16.0 Å². The number of ether oxygens (including phenoxy) is 1. The van der Waals surface area contributed by atoms with E-state index in [-0.39, 0.29) is 23.3 Å². The largest absolute Gasteiger partial charge is 0.450 e. The molecule has 1 aromatic rings. The van der Waals surface area contributed by atoms with Crippen molar-refractivity contribution in [3.63, 3.8) is 0 Å². The van der Waals surface area contributed by atoms with Gasteiger partial charge in [0.2, 0.25) is 11.8 Å². The fraction of sp³-hybridized carbons (Fsp3) is 0.471. The predicted octanol–water partition coefficient (Wildman–Crippen LogP) is 2.39. The minimum absolute atomic E-state index is 0.0226. The third kappa shape index (κ3) is 4.64. The summed E-state index contributed by atoms with van der Waals surface area (Å²) in [5, 5.41) is 8.12. The van der Waals surface area contributed by atoms with Gasteiger partial charge in [-0.3, -0.25) is 14.9 Å². The van der Waals surface area contributed by atoms with E-state index >= 15 is 0 Å². The second kappa shape index (κ2) is 8.68. The van der Waals surface area contributed by atoms with Crippen LogP contribution in [-0.2, 0) is 14.3 Å². The highest BCUT2D eigenvalue weighted by atomic mass is 32.2. The van der Waals surface area contributed by atoms with Crippen molar-refractivity contribution in [1.29, 1.82) is 0 Å². The van der Waals surface area contributed by atoms with Crippen molar-refractivity contribution in [3.05, 3.63) is 24.3 Å². The molecule has 3 N–H and O–H groups in total. The van der Waals surface area contributed by atoms with Gasteiger partial charge in [-0.15, -0.1) is 11.8 Å². The summed E-state index contributed by atoms with van der Waals surface area (Å²) in [4.78, 5) is 37.2. The number of thioether (sulfide) groups is 2. The highest BCUT2D eigenvalue weighted by molar-refractivity contribution is 8.00. The second-order valence-electron chi connectivity index (χ2n) is 5.91. The Morgan fingerprint density at radius 3 is 2.88 bits per heavy atom. The zero-order chi connectivity index (χ0) is 18.5. The highest BCUT2D eigenvalue weighted by Crippen LogP contribution is 2.39. The normalized spacial score (nSPS) is 23.7. The SMILES string of the molecule is CCOC(=O)NC(=O)C1CCSC1NC(=O)CC1Nc2ccccc2S1. The Kier molecular flexibility index (Phi) is 6.31. The van der Waals surface area contributed by atoms with Gasteiger partial charge < -0.3 is 15.4 Å². The van der Waals surface area contributed by atoms with Crippen LogP contribution in [0, 0.1) is 5.92 Å². The van der Waals surface area contributed by atoms with Crippen LogP contribution in [0.2, 0.25) is 0 Å². The Hall–Kier alpha value is -1.87. The summed E-state index contributed by atoms with van der Waals surface area (Å²) in [6, 6.07) is 7.94. The van der Waals surface area contributed by atoms with Crippen molar-refractivity contribution in [2.45, 2.75) is 35.4 Å². The fourth-order valence-corrected chi connectivity index (χ4v) is 5.37. The van der Waals surface area contributed by atoms with Gasteiger partial charge in [-0.25, -0.2) is 4.79 Å². The third-order valence-electron chi connectivity index (χ3n) is 4.08. The van der Waals surface area contributed by atoms with Crippen LogP contribution in [-0.4, -0.2) is 41.0 Å². The number of alkyl carbamates (subject to hydrolysis) is 1. The van der Waals surface area contributed by atoms with E-state index in [1.165, 1.54) is 11.8 Å². The van der Waals surface area contributed by atoms with Gasteiger partial charge in [0.1, 0.15) is 0 Å². The number of rotatable bonds is 5. The van der Waals surface area contributed by atoms with Gasteiger partial charge in [-0.2, -0.15) is 0 Å². The minimum Gasteiger partial charge on any atom is -0.450 e. The molecule has 1 fully saturated rings. The zero-order valence-electron chi connectivity index (χ0n) is 14.3. The number of amides is 3. The molecule has 2 aliphatic rings. The van der Waals surface area contributed by atoms with Crippen LogP contribution in [0.5, 0.6) is 0 Å². The molecule has 140 valence electrons. The minimum atomic E-state index is -0.746. The van der Waals surface area contributed by atoms with E-state index in [1.807, 2.05) is 24.3 Å². The van der Waals surface area contributed by atoms with E-state index in [4.69, 9.17) is 4.74 Å². The van der Waals surface area contributed by atoms with Crippen LogP contribution >= 0.6 is 23.5 Å². The molecule has 1 aromatic carbocycles. The standard InChI is InChI=1S/C17H21N3O4S2/c1-2-24-17(23)20-15(22)10-7-8-25-16(10)19-13(21)9-14-18-11-5-3-4-6-12(11)26-14/h3-6,10,14,16,18H,2,7-9H2,1H3,(H,19,21)(H,20,22,23). The Morgan fingerprint density at radius 2 is 2.12 bits per heavy atom. The van der Waals surface area contributed by atoms with Crippen LogP contribution in [0.15, 0.2) is 29.2 Å². The van der Waals surface area contributed by atoms with E-state index in [0.29, 0.717) is 12.8 Å². The second-order valence-corrected chi connectivity index (χ2v) is 8.41. The van der Waals surface area contributed by atoms with Crippen molar-refractivity contribution >= 4 is 47.1 Å². The molecule has 0 aromatic heterocycles. The van der Waals surface area contributed by atoms with Gasteiger partial charge in [0, 0.05) is 10.6 Å². The van der Waals surface area contributed by atoms with E-state index in [1.54, 1.807) is 18.7 Å². The summed E-state index contributed by atoms with van der Waals surface area (Å²) >= 11 is 3.14. The lowest BCUT2D eigenvalue weighted by Crippen LogP contribution is -2.45. The number of anilines is 1. The van der Waals surface area contributed by atoms with Gasteiger partial charge in [0.15, 0.2) is 0 Å². The molecule has 3 amide bonds. The van der Waals surface area contributed by atoms with Gasteiger partial charge in [-0.1, -0.05) is 23.9 Å². The lowest BCUT2D eigenvalue weighted by molar-refractivity contribution is -0.125. The van der Waals surface area contributed by atoms with Crippen LogP contribution in [0.1, 0.15) is 19.8 Å². The topological polar surface area (TPSA) is 96.5 Å². The van der Waals surface area contributed by atoms with Crippen LogP contribution < -0.4 is 16.0 Å². The third-order valence-corrected chi connectivity index (χ3v) is 6.53. The molecule has 26 heavy (non-hydrogen) atoms. The molecule has 0 spiro atoms. The maximum Gasteiger partial charge on any atom is 0.413 e. The molecule has 0 radical (unpaired) electrons. The van der Waals surface area contributed by atoms with Crippen molar-refractivity contribution in [2.75, 3.05) is 17.7 Å². The van der Waals surface area contributed by atoms with Gasteiger partial charge in [0.05, 0.1) is 29.7 Å². The smallest absolute Gasteiger partial charge is 0.413 e. The Balaban J connectivity index is 1.49. The number of fused-ring (bicyclic) bond motifs is 1. The average molecular weight is 396 g/mol. The van der Waals surface area contributed by atoms with Gasteiger partial charge >= 0.3 is 6.09 Å². The molecule has 3 rings (SSSR count). The summed E-state index contributed by atoms with van der Waals surface area (Å²) in [6.45, 7) is 1.87. The Morgan fingerprint density at radius 1 is 1.31 bits per heavy atom. The first kappa shape index (κ1) is 18.9. The molecule has 3 atom stereocenters. The summed E-state index contributed by atoms with van der Waals surface area (Å²) < 4.78 is 4.73.